The minimum absolute atomic E-state index is 0.116. The molecule has 6 heteroatoms. The van der Waals surface area contributed by atoms with E-state index in [1.54, 1.807) is 12.0 Å². The molecule has 25 heavy (non-hydrogen) atoms. The van der Waals surface area contributed by atoms with Gasteiger partial charge in [-0.05, 0) is 18.6 Å². The van der Waals surface area contributed by atoms with Crippen LogP contribution in [-0.4, -0.2) is 43.8 Å². The standard InChI is InChI=1S/C19H21NO5/c1-3-10-24-18(22)15-14-8-9-19(25-14)11-20(17(21)16(15)19)12-6-4-5-7-13(12)23-2/h4-9,14-16H,3,10-11H2,1-2H3/t14-,15+,16+,19+/m1/s1. The number of amides is 1. The highest BCUT2D eigenvalue weighted by atomic mass is 16.6. The molecule has 1 aromatic rings. The third kappa shape index (κ3) is 2.28. The van der Waals surface area contributed by atoms with Crippen molar-refractivity contribution in [3.8, 4) is 5.75 Å². The monoisotopic (exact) mass is 343 g/mol. The second kappa shape index (κ2) is 5.88. The van der Waals surface area contributed by atoms with Crippen LogP contribution in [-0.2, 0) is 19.1 Å². The molecule has 0 saturated carbocycles. The Morgan fingerprint density at radius 2 is 2.20 bits per heavy atom. The number of hydrogen-bond acceptors (Lipinski definition) is 5. The van der Waals surface area contributed by atoms with Gasteiger partial charge in [-0.3, -0.25) is 9.59 Å². The lowest BCUT2D eigenvalue weighted by Gasteiger charge is -2.23. The van der Waals surface area contributed by atoms with Crippen LogP contribution in [0.25, 0.3) is 0 Å². The van der Waals surface area contributed by atoms with E-state index in [0.29, 0.717) is 24.6 Å². The molecule has 0 N–H and O–H groups in total. The average molecular weight is 343 g/mol. The Morgan fingerprint density at radius 1 is 1.40 bits per heavy atom. The lowest BCUT2D eigenvalue weighted by atomic mass is 9.77. The number of anilines is 1. The summed E-state index contributed by atoms with van der Waals surface area (Å²) in [6, 6.07) is 7.37. The Hall–Kier alpha value is -2.34. The van der Waals surface area contributed by atoms with Crippen LogP contribution in [0.3, 0.4) is 0 Å². The molecule has 3 heterocycles. The molecule has 6 nitrogen and oxygen atoms in total. The molecule has 2 bridgehead atoms. The van der Waals surface area contributed by atoms with Crippen molar-refractivity contribution in [2.24, 2.45) is 11.8 Å². The van der Waals surface area contributed by atoms with Gasteiger partial charge in [0.15, 0.2) is 0 Å². The van der Waals surface area contributed by atoms with Crippen LogP contribution in [0.2, 0.25) is 0 Å². The molecule has 2 saturated heterocycles. The van der Waals surface area contributed by atoms with E-state index in [4.69, 9.17) is 14.2 Å². The summed E-state index contributed by atoms with van der Waals surface area (Å²) in [5.41, 5.74) is -0.0571. The van der Waals surface area contributed by atoms with Gasteiger partial charge in [0.05, 0.1) is 38.0 Å². The topological polar surface area (TPSA) is 65.1 Å². The van der Waals surface area contributed by atoms with E-state index in [2.05, 4.69) is 0 Å². The zero-order valence-electron chi connectivity index (χ0n) is 14.3. The summed E-state index contributed by atoms with van der Waals surface area (Å²) < 4.78 is 16.8. The summed E-state index contributed by atoms with van der Waals surface area (Å²) >= 11 is 0. The van der Waals surface area contributed by atoms with Gasteiger partial charge in [-0.1, -0.05) is 31.2 Å². The second-order valence-corrected chi connectivity index (χ2v) is 6.66. The number of methoxy groups -OCH3 is 1. The zero-order chi connectivity index (χ0) is 17.6. The number of benzene rings is 1. The zero-order valence-corrected chi connectivity index (χ0v) is 14.3. The predicted octanol–water partition coefficient (Wildman–Crippen LogP) is 1.93. The van der Waals surface area contributed by atoms with E-state index >= 15 is 0 Å². The Labute approximate surface area is 146 Å². The molecule has 4 atom stereocenters. The summed E-state index contributed by atoms with van der Waals surface area (Å²) in [6.45, 7) is 2.67. The van der Waals surface area contributed by atoms with Crippen LogP contribution in [0.5, 0.6) is 5.75 Å². The SMILES string of the molecule is CCCOC(=O)[C@@H]1[C@H]2C(=O)N(c3ccccc3OC)C[C@@]23C=C[C@H]1O3. The highest BCUT2D eigenvalue weighted by Crippen LogP contribution is 2.53. The van der Waals surface area contributed by atoms with E-state index in [-0.39, 0.29) is 18.0 Å². The highest BCUT2D eigenvalue weighted by molar-refractivity contribution is 6.03. The summed E-state index contributed by atoms with van der Waals surface area (Å²) in [4.78, 5) is 27.4. The molecule has 0 aliphatic carbocycles. The van der Waals surface area contributed by atoms with E-state index < -0.39 is 17.4 Å². The normalized spacial score (nSPS) is 32.2. The fraction of sp³-hybridized carbons (Fsp3) is 0.474. The number of para-hydroxylation sites is 2. The van der Waals surface area contributed by atoms with Crippen molar-refractivity contribution in [1.29, 1.82) is 0 Å². The molecule has 3 aliphatic rings. The second-order valence-electron chi connectivity index (χ2n) is 6.66. The first-order valence-electron chi connectivity index (χ1n) is 8.59. The fourth-order valence-corrected chi connectivity index (χ4v) is 4.12. The number of esters is 1. The van der Waals surface area contributed by atoms with Gasteiger partial charge < -0.3 is 19.1 Å². The fourth-order valence-electron chi connectivity index (χ4n) is 4.12. The number of nitrogens with zero attached hydrogens (tertiary/aromatic N) is 1. The maximum atomic E-state index is 13.2. The first-order chi connectivity index (χ1) is 12.1. The van der Waals surface area contributed by atoms with Gasteiger partial charge in [0.1, 0.15) is 17.3 Å². The number of carbonyl (C=O) groups is 2. The summed E-state index contributed by atoms with van der Waals surface area (Å²) in [5, 5.41) is 0. The number of fused-ring (bicyclic) bond motifs is 1. The number of rotatable bonds is 5. The molecular weight excluding hydrogens is 322 g/mol. The number of carbonyl (C=O) groups excluding carboxylic acids is 2. The molecule has 1 aromatic carbocycles. The van der Waals surface area contributed by atoms with Crippen LogP contribution in [0.1, 0.15) is 13.3 Å². The third-order valence-corrected chi connectivity index (χ3v) is 5.20. The van der Waals surface area contributed by atoms with Gasteiger partial charge in [-0.2, -0.15) is 0 Å². The third-order valence-electron chi connectivity index (χ3n) is 5.20. The number of hydrogen-bond donors (Lipinski definition) is 0. The van der Waals surface area contributed by atoms with E-state index in [1.165, 1.54) is 0 Å². The minimum Gasteiger partial charge on any atom is -0.495 e. The molecule has 132 valence electrons. The predicted molar refractivity (Wildman–Crippen MR) is 90.3 cm³/mol. The quantitative estimate of drug-likeness (QED) is 0.604. The molecular formula is C19H21NO5. The van der Waals surface area contributed by atoms with Crippen molar-refractivity contribution in [2.45, 2.75) is 25.0 Å². The first-order valence-corrected chi connectivity index (χ1v) is 8.59. The lowest BCUT2D eigenvalue weighted by molar-refractivity contribution is -0.152. The van der Waals surface area contributed by atoms with Crippen LogP contribution in [0, 0.1) is 11.8 Å². The summed E-state index contributed by atoms with van der Waals surface area (Å²) in [7, 11) is 1.57. The maximum absolute atomic E-state index is 13.2. The van der Waals surface area contributed by atoms with Gasteiger partial charge in [0.2, 0.25) is 5.91 Å². The highest BCUT2D eigenvalue weighted by Gasteiger charge is 2.67. The summed E-state index contributed by atoms with van der Waals surface area (Å²) in [6.07, 6.45) is 4.18. The molecule has 4 rings (SSSR count). The van der Waals surface area contributed by atoms with Crippen LogP contribution < -0.4 is 9.64 Å². The molecule has 1 amide bonds. The van der Waals surface area contributed by atoms with Gasteiger partial charge in [-0.15, -0.1) is 0 Å². The Kier molecular flexibility index (Phi) is 3.80. The molecule has 0 aromatic heterocycles. The minimum atomic E-state index is -0.751. The average Bonchev–Trinajstić information content (AvgIpc) is 3.28. The van der Waals surface area contributed by atoms with E-state index in [1.807, 2.05) is 43.3 Å². The molecule has 0 radical (unpaired) electrons. The van der Waals surface area contributed by atoms with Crippen molar-refractivity contribution >= 4 is 17.6 Å². The smallest absolute Gasteiger partial charge is 0.312 e. The van der Waals surface area contributed by atoms with E-state index in [9.17, 15) is 9.59 Å². The van der Waals surface area contributed by atoms with Crippen molar-refractivity contribution < 1.29 is 23.8 Å². The Morgan fingerprint density at radius 3 is 2.96 bits per heavy atom. The van der Waals surface area contributed by atoms with Gasteiger partial charge >= 0.3 is 5.97 Å². The maximum Gasteiger partial charge on any atom is 0.312 e. The van der Waals surface area contributed by atoms with Gasteiger partial charge in [0.25, 0.3) is 0 Å². The van der Waals surface area contributed by atoms with Crippen LogP contribution >= 0.6 is 0 Å². The molecule has 2 fully saturated rings. The van der Waals surface area contributed by atoms with Crippen molar-refractivity contribution in [2.75, 3.05) is 25.2 Å². The largest absolute Gasteiger partial charge is 0.495 e. The summed E-state index contributed by atoms with van der Waals surface area (Å²) in [5.74, 6) is -0.968. The lowest BCUT2D eigenvalue weighted by Crippen LogP contribution is -2.40. The van der Waals surface area contributed by atoms with Gasteiger partial charge in [-0.25, -0.2) is 0 Å². The first kappa shape index (κ1) is 16.1. The van der Waals surface area contributed by atoms with Crippen LogP contribution in [0.15, 0.2) is 36.4 Å². The van der Waals surface area contributed by atoms with Crippen molar-refractivity contribution in [3.05, 3.63) is 36.4 Å². The molecule has 3 aliphatic heterocycles. The Balaban J connectivity index is 1.67. The van der Waals surface area contributed by atoms with Crippen molar-refractivity contribution in [1.82, 2.24) is 0 Å². The number of ether oxygens (including phenoxy) is 3. The molecule has 0 unspecified atom stereocenters. The van der Waals surface area contributed by atoms with Crippen LogP contribution in [0.4, 0.5) is 5.69 Å². The van der Waals surface area contributed by atoms with Gasteiger partial charge in [0, 0.05) is 0 Å². The van der Waals surface area contributed by atoms with Crippen molar-refractivity contribution in [3.63, 3.8) is 0 Å². The van der Waals surface area contributed by atoms with E-state index in [0.717, 1.165) is 6.42 Å². The molecule has 1 spiro atoms. The Bertz CT molecular complexity index is 745.